The van der Waals surface area contributed by atoms with E-state index in [-0.39, 0.29) is 5.91 Å². The van der Waals surface area contributed by atoms with E-state index in [9.17, 15) is 4.79 Å². The molecular weight excluding hydrogens is 356 g/mol. The summed E-state index contributed by atoms with van der Waals surface area (Å²) in [6.45, 7) is 3.90. The molecule has 0 aliphatic heterocycles. The monoisotopic (exact) mass is 372 g/mol. The highest BCUT2D eigenvalue weighted by Crippen LogP contribution is 2.22. The molecule has 0 aromatic carbocycles. The average Bonchev–Trinajstić information content (AvgIpc) is 2.96. The fraction of sp³-hybridized carbons (Fsp3) is 0.357. The summed E-state index contributed by atoms with van der Waals surface area (Å²) in [5.41, 5.74) is 1.24. The van der Waals surface area contributed by atoms with Crippen LogP contribution in [0.4, 0.5) is 0 Å². The third kappa shape index (κ3) is 4.70. The number of thiophene rings is 2. The summed E-state index contributed by atoms with van der Waals surface area (Å²) in [5.74, 6) is 0.0657. The first kappa shape index (κ1) is 15.7. The number of amides is 1. The predicted molar refractivity (Wildman–Crippen MR) is 89.3 cm³/mol. The maximum Gasteiger partial charge on any atom is 0.234 e. The van der Waals surface area contributed by atoms with Gasteiger partial charge >= 0.3 is 0 Å². The van der Waals surface area contributed by atoms with Gasteiger partial charge in [-0.2, -0.15) is 0 Å². The Morgan fingerprint density at radius 1 is 1.40 bits per heavy atom. The fourth-order valence-corrected chi connectivity index (χ4v) is 4.23. The average molecular weight is 373 g/mol. The van der Waals surface area contributed by atoms with Crippen molar-refractivity contribution in [3.05, 3.63) is 42.7 Å². The first-order valence-electron chi connectivity index (χ1n) is 6.27. The number of carbonyl (C=O) groups is 1. The first-order valence-corrected chi connectivity index (χ1v) is 8.76. The molecule has 0 saturated carbocycles. The van der Waals surface area contributed by atoms with E-state index < -0.39 is 0 Å². The highest BCUT2D eigenvalue weighted by Gasteiger charge is 2.09. The van der Waals surface area contributed by atoms with Crippen molar-refractivity contribution in [1.29, 1.82) is 0 Å². The van der Waals surface area contributed by atoms with Gasteiger partial charge in [-0.25, -0.2) is 0 Å². The molecule has 0 fully saturated rings. The zero-order valence-electron chi connectivity index (χ0n) is 11.5. The van der Waals surface area contributed by atoms with E-state index in [0.717, 1.165) is 10.3 Å². The van der Waals surface area contributed by atoms with Crippen molar-refractivity contribution in [2.24, 2.45) is 0 Å². The summed E-state index contributed by atoms with van der Waals surface area (Å²) >= 11 is 6.83. The molecule has 0 aliphatic carbocycles. The number of nitrogens with one attached hydrogen (secondary N) is 1. The van der Waals surface area contributed by atoms with Gasteiger partial charge < -0.3 is 5.32 Å². The molecule has 0 bridgehead atoms. The SMILES string of the molecule is Cc1ccsc1CNC(=O)CN(C)Cc1ccc(Br)s1. The lowest BCUT2D eigenvalue weighted by Gasteiger charge is -2.15. The van der Waals surface area contributed by atoms with Gasteiger partial charge in [0.05, 0.1) is 16.9 Å². The highest BCUT2D eigenvalue weighted by atomic mass is 79.9. The Kier molecular flexibility index (Phi) is 5.77. The van der Waals surface area contributed by atoms with Crippen LogP contribution in [-0.4, -0.2) is 24.4 Å². The molecule has 1 N–H and O–H groups in total. The Balaban J connectivity index is 1.75. The number of hydrogen-bond acceptors (Lipinski definition) is 4. The third-order valence-corrected chi connectivity index (χ3v) is 5.51. The second-order valence-electron chi connectivity index (χ2n) is 4.68. The summed E-state index contributed by atoms with van der Waals surface area (Å²) in [6.07, 6.45) is 0. The Morgan fingerprint density at radius 2 is 2.20 bits per heavy atom. The number of aryl methyl sites for hydroxylation is 1. The first-order chi connectivity index (χ1) is 9.54. The van der Waals surface area contributed by atoms with Gasteiger partial charge in [-0.1, -0.05) is 0 Å². The molecule has 0 unspecified atom stereocenters. The normalized spacial score (nSPS) is 11.0. The van der Waals surface area contributed by atoms with Gasteiger partial charge in [0, 0.05) is 16.3 Å². The van der Waals surface area contributed by atoms with E-state index in [0.29, 0.717) is 13.1 Å². The Labute approximate surface area is 135 Å². The standard InChI is InChI=1S/C14H17BrN2OS2/c1-10-5-6-19-12(10)7-16-14(18)9-17(2)8-11-3-4-13(15)20-11/h3-6H,7-9H2,1-2H3,(H,16,18). The lowest BCUT2D eigenvalue weighted by atomic mass is 10.3. The van der Waals surface area contributed by atoms with Gasteiger partial charge in [0.15, 0.2) is 0 Å². The van der Waals surface area contributed by atoms with Crippen molar-refractivity contribution in [3.8, 4) is 0 Å². The number of carbonyl (C=O) groups excluding carboxylic acids is 1. The molecule has 2 aromatic rings. The van der Waals surface area contributed by atoms with E-state index in [2.05, 4.69) is 45.7 Å². The van der Waals surface area contributed by atoms with Crippen LogP contribution in [0.2, 0.25) is 0 Å². The van der Waals surface area contributed by atoms with Crippen LogP contribution >= 0.6 is 38.6 Å². The number of halogens is 1. The maximum absolute atomic E-state index is 11.9. The molecule has 0 atom stereocenters. The molecule has 0 radical (unpaired) electrons. The molecule has 0 saturated heterocycles. The molecule has 2 aromatic heterocycles. The van der Waals surface area contributed by atoms with Crippen molar-refractivity contribution in [1.82, 2.24) is 10.2 Å². The maximum atomic E-state index is 11.9. The summed E-state index contributed by atoms with van der Waals surface area (Å²) in [6, 6.07) is 6.19. The lowest BCUT2D eigenvalue weighted by molar-refractivity contribution is -0.122. The highest BCUT2D eigenvalue weighted by molar-refractivity contribution is 9.11. The van der Waals surface area contributed by atoms with Gasteiger partial charge in [0.2, 0.25) is 5.91 Å². The fourth-order valence-electron chi connectivity index (χ4n) is 1.82. The number of rotatable bonds is 6. The quantitative estimate of drug-likeness (QED) is 0.839. The van der Waals surface area contributed by atoms with Crippen LogP contribution in [0.5, 0.6) is 0 Å². The molecule has 3 nitrogen and oxygen atoms in total. The summed E-state index contributed by atoms with van der Waals surface area (Å²) < 4.78 is 1.12. The largest absolute Gasteiger partial charge is 0.350 e. The van der Waals surface area contributed by atoms with Crippen molar-refractivity contribution < 1.29 is 4.79 Å². The van der Waals surface area contributed by atoms with Crippen molar-refractivity contribution in [2.45, 2.75) is 20.0 Å². The zero-order chi connectivity index (χ0) is 14.5. The Bertz CT molecular complexity index is 579. The second kappa shape index (κ2) is 7.36. The lowest BCUT2D eigenvalue weighted by Crippen LogP contribution is -2.34. The van der Waals surface area contributed by atoms with Gasteiger partial charge in [-0.05, 0) is 59.0 Å². The molecule has 20 heavy (non-hydrogen) atoms. The minimum Gasteiger partial charge on any atom is -0.350 e. The third-order valence-electron chi connectivity index (χ3n) is 2.88. The van der Waals surface area contributed by atoms with Crippen LogP contribution < -0.4 is 5.32 Å². The van der Waals surface area contributed by atoms with Crippen LogP contribution in [0.1, 0.15) is 15.3 Å². The van der Waals surface area contributed by atoms with Crippen LogP contribution in [0.15, 0.2) is 27.4 Å². The minimum atomic E-state index is 0.0657. The molecule has 108 valence electrons. The molecule has 1 amide bonds. The molecular formula is C14H17BrN2OS2. The smallest absolute Gasteiger partial charge is 0.234 e. The summed E-state index contributed by atoms with van der Waals surface area (Å²) in [5, 5.41) is 5.02. The molecule has 0 spiro atoms. The van der Waals surface area contributed by atoms with E-state index in [1.54, 1.807) is 22.7 Å². The van der Waals surface area contributed by atoms with E-state index in [4.69, 9.17) is 0 Å². The van der Waals surface area contributed by atoms with Gasteiger partial charge in [-0.3, -0.25) is 9.69 Å². The van der Waals surface area contributed by atoms with Crippen molar-refractivity contribution >= 4 is 44.5 Å². The number of likely N-dealkylation sites (N-methyl/N-ethyl adjacent to an activating group) is 1. The molecule has 0 aliphatic rings. The van der Waals surface area contributed by atoms with E-state index >= 15 is 0 Å². The van der Waals surface area contributed by atoms with E-state index in [1.165, 1.54) is 15.3 Å². The van der Waals surface area contributed by atoms with Crippen LogP contribution in [-0.2, 0) is 17.9 Å². The minimum absolute atomic E-state index is 0.0657. The van der Waals surface area contributed by atoms with Crippen LogP contribution in [0, 0.1) is 6.92 Å². The zero-order valence-corrected chi connectivity index (χ0v) is 14.7. The van der Waals surface area contributed by atoms with Crippen LogP contribution in [0.25, 0.3) is 0 Å². The Morgan fingerprint density at radius 3 is 2.80 bits per heavy atom. The molecule has 6 heteroatoms. The number of nitrogens with zero attached hydrogens (tertiary/aromatic N) is 1. The van der Waals surface area contributed by atoms with Crippen molar-refractivity contribution in [2.75, 3.05) is 13.6 Å². The van der Waals surface area contributed by atoms with E-state index in [1.807, 2.05) is 18.0 Å². The molecule has 2 rings (SSSR count). The second-order valence-corrected chi connectivity index (χ2v) is 8.23. The van der Waals surface area contributed by atoms with Gasteiger partial charge in [-0.15, -0.1) is 22.7 Å². The van der Waals surface area contributed by atoms with Crippen molar-refractivity contribution in [3.63, 3.8) is 0 Å². The topological polar surface area (TPSA) is 32.3 Å². The summed E-state index contributed by atoms with van der Waals surface area (Å²) in [7, 11) is 1.96. The Hall–Kier alpha value is -0.690. The predicted octanol–water partition coefficient (Wildman–Crippen LogP) is 3.63. The van der Waals surface area contributed by atoms with Gasteiger partial charge in [0.25, 0.3) is 0 Å². The number of hydrogen-bond donors (Lipinski definition) is 1. The summed E-state index contributed by atoms with van der Waals surface area (Å²) in [4.78, 5) is 16.4. The van der Waals surface area contributed by atoms with Crippen LogP contribution in [0.3, 0.4) is 0 Å². The van der Waals surface area contributed by atoms with Gasteiger partial charge in [0.1, 0.15) is 0 Å². The molecule has 2 heterocycles.